The highest BCUT2D eigenvalue weighted by molar-refractivity contribution is 7.91. The molecule has 0 unspecified atom stereocenters. The predicted octanol–water partition coefficient (Wildman–Crippen LogP) is 4.12. The summed E-state index contributed by atoms with van der Waals surface area (Å²) in [4.78, 5) is 17.8. The van der Waals surface area contributed by atoms with Gasteiger partial charge in [0.2, 0.25) is 5.91 Å². The second-order valence-electron chi connectivity index (χ2n) is 7.31. The summed E-state index contributed by atoms with van der Waals surface area (Å²) in [5.74, 6) is 0.307. The molecule has 0 spiro atoms. The molecule has 0 aliphatic carbocycles. The van der Waals surface area contributed by atoms with E-state index in [2.05, 4.69) is 10.3 Å². The third kappa shape index (κ3) is 3.79. The molecule has 1 N–H and O–H groups in total. The number of benzene rings is 2. The monoisotopic (exact) mass is 485 g/mol. The minimum atomic E-state index is -3.82. The van der Waals surface area contributed by atoms with Gasteiger partial charge in [0.05, 0.1) is 17.3 Å². The number of nitrogens with one attached hydrogen (secondary N) is 1. The predicted molar refractivity (Wildman–Crippen MR) is 126 cm³/mol. The van der Waals surface area contributed by atoms with Crippen molar-refractivity contribution in [3.63, 3.8) is 0 Å². The lowest BCUT2D eigenvalue weighted by atomic mass is 9.95. The zero-order valence-corrected chi connectivity index (χ0v) is 19.5. The van der Waals surface area contributed by atoms with Crippen LogP contribution in [0.3, 0.4) is 0 Å². The van der Waals surface area contributed by atoms with Crippen molar-refractivity contribution < 1.29 is 17.9 Å². The van der Waals surface area contributed by atoms with E-state index in [1.807, 2.05) is 36.4 Å². The van der Waals surface area contributed by atoms with Crippen molar-refractivity contribution in [3.05, 3.63) is 71.1 Å². The first-order valence-electron chi connectivity index (χ1n) is 9.83. The summed E-state index contributed by atoms with van der Waals surface area (Å²) in [5, 5.41) is 4.98. The summed E-state index contributed by atoms with van der Waals surface area (Å²) < 4.78 is 34.4. The minimum Gasteiger partial charge on any atom is -0.497 e. The van der Waals surface area contributed by atoms with Crippen LogP contribution in [0.1, 0.15) is 11.1 Å². The summed E-state index contributed by atoms with van der Waals surface area (Å²) in [6.45, 7) is 0.144. The number of hydrogen-bond acceptors (Lipinski definition) is 7. The Kier molecular flexibility index (Phi) is 5.46. The molecule has 1 aliphatic rings. The maximum atomic E-state index is 13.4. The standard InChI is InChI=1S/C22H19N3O4S3/c1-29-16-8-9-17-19(12-16)31-22(23-17)24-21(26)18-11-14-5-2-3-6-15(14)13-25(18)32(27,28)20-7-4-10-30-20/h2-10,12,18H,11,13H2,1H3,(H,23,24,26)/t18-/m0/s1. The first-order chi connectivity index (χ1) is 15.5. The molecule has 0 saturated carbocycles. The highest BCUT2D eigenvalue weighted by Crippen LogP contribution is 2.33. The summed E-state index contributed by atoms with van der Waals surface area (Å²) in [7, 11) is -2.23. The maximum absolute atomic E-state index is 13.4. The van der Waals surface area contributed by atoms with E-state index in [4.69, 9.17) is 4.74 Å². The molecular formula is C22H19N3O4S3. The van der Waals surface area contributed by atoms with Gasteiger partial charge in [-0.2, -0.15) is 4.31 Å². The minimum absolute atomic E-state index is 0.144. The Morgan fingerprint density at radius 1 is 1.16 bits per heavy atom. The molecular weight excluding hydrogens is 466 g/mol. The van der Waals surface area contributed by atoms with Crippen LogP contribution in [0.25, 0.3) is 10.2 Å². The van der Waals surface area contributed by atoms with Crippen molar-refractivity contribution >= 4 is 54.0 Å². The third-order valence-electron chi connectivity index (χ3n) is 5.39. The molecule has 0 fully saturated rings. The van der Waals surface area contributed by atoms with Crippen LogP contribution in [0.5, 0.6) is 5.75 Å². The normalized spacial score (nSPS) is 16.6. The fraction of sp³-hybridized carbons (Fsp3) is 0.182. The molecule has 1 atom stereocenters. The Labute approximate surface area is 193 Å². The van der Waals surface area contributed by atoms with Crippen molar-refractivity contribution in [3.8, 4) is 5.75 Å². The molecule has 0 bridgehead atoms. The first-order valence-corrected chi connectivity index (χ1v) is 13.0. The van der Waals surface area contributed by atoms with E-state index in [1.54, 1.807) is 30.7 Å². The van der Waals surface area contributed by atoms with E-state index in [0.717, 1.165) is 32.7 Å². The number of thiazole rings is 1. The van der Waals surface area contributed by atoms with Gasteiger partial charge in [-0.3, -0.25) is 4.79 Å². The number of fused-ring (bicyclic) bond motifs is 2. The summed E-state index contributed by atoms with van der Waals surface area (Å²) in [5.41, 5.74) is 2.62. The van der Waals surface area contributed by atoms with Crippen molar-refractivity contribution in [2.24, 2.45) is 0 Å². The highest BCUT2D eigenvalue weighted by atomic mass is 32.2. The number of hydrogen-bond donors (Lipinski definition) is 1. The molecule has 0 radical (unpaired) electrons. The number of anilines is 1. The van der Waals surface area contributed by atoms with E-state index >= 15 is 0 Å². The fourth-order valence-corrected chi connectivity index (χ4v) is 7.36. The van der Waals surface area contributed by atoms with Gasteiger partial charge in [-0.15, -0.1) is 11.3 Å². The van der Waals surface area contributed by atoms with Crippen LogP contribution in [0, 0.1) is 0 Å². The number of ether oxygens (including phenoxy) is 1. The molecule has 2 aromatic carbocycles. The van der Waals surface area contributed by atoms with Crippen LogP contribution in [0.2, 0.25) is 0 Å². The smallest absolute Gasteiger partial charge is 0.253 e. The van der Waals surface area contributed by atoms with Crippen molar-refractivity contribution in [2.45, 2.75) is 23.2 Å². The number of sulfonamides is 1. The average Bonchev–Trinajstić information content (AvgIpc) is 3.47. The summed E-state index contributed by atoms with van der Waals surface area (Å²) in [6, 6.07) is 15.5. The van der Waals surface area contributed by atoms with Gasteiger partial charge < -0.3 is 10.1 Å². The number of methoxy groups -OCH3 is 1. The van der Waals surface area contributed by atoms with E-state index in [9.17, 15) is 13.2 Å². The molecule has 0 saturated heterocycles. The Hall–Kier alpha value is -2.79. The Morgan fingerprint density at radius 2 is 1.97 bits per heavy atom. The van der Waals surface area contributed by atoms with Crippen LogP contribution in [0.15, 0.2) is 64.2 Å². The van der Waals surface area contributed by atoms with E-state index in [0.29, 0.717) is 17.3 Å². The zero-order valence-electron chi connectivity index (χ0n) is 17.0. The van der Waals surface area contributed by atoms with Crippen LogP contribution >= 0.6 is 22.7 Å². The van der Waals surface area contributed by atoms with E-state index in [1.165, 1.54) is 15.6 Å². The van der Waals surface area contributed by atoms with Gasteiger partial charge in [-0.05, 0) is 47.2 Å². The maximum Gasteiger partial charge on any atom is 0.253 e. The molecule has 1 amide bonds. The van der Waals surface area contributed by atoms with E-state index in [-0.39, 0.29) is 10.8 Å². The molecule has 3 heterocycles. The number of thiophene rings is 1. The second-order valence-corrected chi connectivity index (χ2v) is 11.4. The van der Waals surface area contributed by atoms with Gasteiger partial charge in [-0.25, -0.2) is 13.4 Å². The summed E-state index contributed by atoms with van der Waals surface area (Å²) >= 11 is 2.47. The third-order valence-corrected chi connectivity index (χ3v) is 9.55. The fourth-order valence-electron chi connectivity index (χ4n) is 3.77. The zero-order chi connectivity index (χ0) is 22.3. The highest BCUT2D eigenvalue weighted by Gasteiger charge is 2.40. The Balaban J connectivity index is 1.48. The summed E-state index contributed by atoms with van der Waals surface area (Å²) in [6.07, 6.45) is 0.297. The average molecular weight is 486 g/mol. The van der Waals surface area contributed by atoms with Gasteiger partial charge >= 0.3 is 0 Å². The van der Waals surface area contributed by atoms with Gasteiger partial charge in [0.25, 0.3) is 10.0 Å². The molecule has 4 aromatic rings. The molecule has 5 rings (SSSR count). The van der Waals surface area contributed by atoms with Gasteiger partial charge in [0, 0.05) is 6.54 Å². The topological polar surface area (TPSA) is 88.6 Å². The number of carbonyl (C=O) groups is 1. The van der Waals surface area contributed by atoms with Crippen molar-refractivity contribution in [1.82, 2.24) is 9.29 Å². The molecule has 7 nitrogen and oxygen atoms in total. The van der Waals surface area contributed by atoms with Gasteiger partial charge in [0.1, 0.15) is 16.0 Å². The van der Waals surface area contributed by atoms with Crippen LogP contribution < -0.4 is 10.1 Å². The largest absolute Gasteiger partial charge is 0.497 e. The number of aromatic nitrogens is 1. The number of amides is 1. The molecule has 1 aliphatic heterocycles. The van der Waals surface area contributed by atoms with Crippen molar-refractivity contribution in [1.29, 1.82) is 0 Å². The van der Waals surface area contributed by atoms with Gasteiger partial charge in [0.15, 0.2) is 5.13 Å². The Bertz CT molecular complexity index is 1400. The second kappa shape index (κ2) is 8.28. The SMILES string of the molecule is COc1ccc2nc(NC(=O)[C@@H]3Cc4ccccc4CN3S(=O)(=O)c3cccs3)sc2c1. The van der Waals surface area contributed by atoms with Crippen LogP contribution in [-0.4, -0.2) is 36.8 Å². The molecule has 32 heavy (non-hydrogen) atoms. The van der Waals surface area contributed by atoms with Crippen LogP contribution in [0.4, 0.5) is 5.13 Å². The molecule has 2 aromatic heterocycles. The lowest BCUT2D eigenvalue weighted by Crippen LogP contribution is -2.50. The van der Waals surface area contributed by atoms with Crippen LogP contribution in [-0.2, 0) is 27.8 Å². The van der Waals surface area contributed by atoms with E-state index < -0.39 is 22.0 Å². The molecule has 164 valence electrons. The quantitative estimate of drug-likeness (QED) is 0.459. The number of nitrogens with zero attached hydrogens (tertiary/aromatic N) is 2. The number of carbonyl (C=O) groups excluding carboxylic acids is 1. The lowest BCUT2D eigenvalue weighted by Gasteiger charge is -2.34. The molecule has 10 heteroatoms. The number of rotatable bonds is 5. The van der Waals surface area contributed by atoms with Crippen molar-refractivity contribution in [2.75, 3.05) is 12.4 Å². The Morgan fingerprint density at radius 3 is 2.72 bits per heavy atom. The van der Waals surface area contributed by atoms with Gasteiger partial charge in [-0.1, -0.05) is 41.7 Å². The first kappa shape index (κ1) is 21.1. The lowest BCUT2D eigenvalue weighted by molar-refractivity contribution is -0.120.